The summed E-state index contributed by atoms with van der Waals surface area (Å²) in [5, 5.41) is 15.1. The van der Waals surface area contributed by atoms with Gasteiger partial charge in [-0.1, -0.05) is 37.3 Å². The molecule has 1 heterocycles. The number of nitrogens with zero attached hydrogens (tertiary/aromatic N) is 2. The number of rotatable bonds is 7. The zero-order chi connectivity index (χ0) is 17.6. The molecular formula is C19H22N4O2. The Morgan fingerprint density at radius 3 is 2.72 bits per heavy atom. The monoisotopic (exact) mass is 338 g/mol. The van der Waals surface area contributed by atoms with Crippen LogP contribution in [0.4, 0.5) is 11.6 Å². The Hall–Kier alpha value is -2.86. The zero-order valence-electron chi connectivity index (χ0n) is 14.2. The maximum absolute atomic E-state index is 12.6. The van der Waals surface area contributed by atoms with E-state index in [1.165, 1.54) is 0 Å². The van der Waals surface area contributed by atoms with E-state index in [9.17, 15) is 4.79 Å². The number of aliphatic hydroxyl groups excluding tert-OH is 1. The van der Waals surface area contributed by atoms with Crippen LogP contribution >= 0.6 is 0 Å². The predicted molar refractivity (Wildman–Crippen MR) is 99.8 cm³/mol. The van der Waals surface area contributed by atoms with Crippen molar-refractivity contribution < 1.29 is 9.90 Å². The second-order valence-corrected chi connectivity index (χ2v) is 5.72. The van der Waals surface area contributed by atoms with Crippen molar-refractivity contribution in [1.29, 1.82) is 0 Å². The first-order valence-corrected chi connectivity index (χ1v) is 8.40. The Morgan fingerprint density at radius 1 is 1.16 bits per heavy atom. The molecule has 6 nitrogen and oxygen atoms in total. The number of carbonyl (C=O) groups excluding carboxylic acids is 1. The lowest BCUT2D eigenvalue weighted by molar-refractivity contribution is -0.116. The molecule has 0 saturated carbocycles. The molecule has 0 unspecified atom stereocenters. The molecule has 0 aliphatic heterocycles. The lowest BCUT2D eigenvalue weighted by atomic mass is 10.1. The quantitative estimate of drug-likeness (QED) is 0.619. The van der Waals surface area contributed by atoms with E-state index in [1.807, 2.05) is 53.1 Å². The maximum atomic E-state index is 12.6. The van der Waals surface area contributed by atoms with Gasteiger partial charge in [0.25, 0.3) is 0 Å². The summed E-state index contributed by atoms with van der Waals surface area (Å²) in [6.45, 7) is 2.58. The molecule has 0 radical (unpaired) electrons. The van der Waals surface area contributed by atoms with E-state index in [4.69, 9.17) is 5.11 Å². The molecule has 0 saturated heterocycles. The minimum Gasteiger partial charge on any atom is -0.395 e. The zero-order valence-corrected chi connectivity index (χ0v) is 14.2. The van der Waals surface area contributed by atoms with Gasteiger partial charge in [-0.15, -0.1) is 0 Å². The van der Waals surface area contributed by atoms with E-state index in [0.29, 0.717) is 12.5 Å². The van der Waals surface area contributed by atoms with Crippen molar-refractivity contribution in [2.75, 3.05) is 23.8 Å². The molecule has 6 heteroatoms. The van der Waals surface area contributed by atoms with Crippen molar-refractivity contribution in [1.82, 2.24) is 9.55 Å². The lowest BCUT2D eigenvalue weighted by Gasteiger charge is -2.12. The number of aryl methyl sites for hydroxylation is 1. The summed E-state index contributed by atoms with van der Waals surface area (Å²) in [7, 11) is 0. The van der Waals surface area contributed by atoms with Crippen LogP contribution in [-0.2, 0) is 17.8 Å². The highest BCUT2D eigenvalue weighted by molar-refractivity contribution is 5.93. The first-order chi connectivity index (χ1) is 12.2. The third kappa shape index (κ3) is 3.80. The molecule has 0 atom stereocenters. The van der Waals surface area contributed by atoms with Crippen LogP contribution in [0.15, 0.2) is 48.5 Å². The van der Waals surface area contributed by atoms with Crippen LogP contribution in [-0.4, -0.2) is 33.7 Å². The number of anilines is 2. The first-order valence-electron chi connectivity index (χ1n) is 8.40. The topological polar surface area (TPSA) is 79.2 Å². The second kappa shape index (κ2) is 7.81. The van der Waals surface area contributed by atoms with E-state index in [0.717, 1.165) is 28.7 Å². The van der Waals surface area contributed by atoms with Gasteiger partial charge in [-0.25, -0.2) is 4.98 Å². The number of benzene rings is 2. The van der Waals surface area contributed by atoms with Gasteiger partial charge in [0.1, 0.15) is 6.54 Å². The summed E-state index contributed by atoms with van der Waals surface area (Å²) in [6, 6.07) is 15.5. The van der Waals surface area contributed by atoms with Crippen LogP contribution in [0.3, 0.4) is 0 Å². The van der Waals surface area contributed by atoms with Crippen molar-refractivity contribution >= 4 is 28.6 Å². The highest BCUT2D eigenvalue weighted by atomic mass is 16.3. The van der Waals surface area contributed by atoms with Gasteiger partial charge in [0.2, 0.25) is 11.9 Å². The number of aliphatic hydroxyl groups is 1. The Bertz CT molecular complexity index is 873. The smallest absolute Gasteiger partial charge is 0.244 e. The van der Waals surface area contributed by atoms with E-state index in [2.05, 4.69) is 22.5 Å². The highest BCUT2D eigenvalue weighted by Gasteiger charge is 2.14. The third-order valence-electron chi connectivity index (χ3n) is 4.02. The molecule has 3 aromatic rings. The van der Waals surface area contributed by atoms with Gasteiger partial charge in [-0.2, -0.15) is 0 Å². The summed E-state index contributed by atoms with van der Waals surface area (Å²) in [5.74, 6) is 0.463. The number of hydrogen-bond acceptors (Lipinski definition) is 4. The van der Waals surface area contributed by atoms with Gasteiger partial charge in [0.15, 0.2) is 0 Å². The SMILES string of the molecule is CCc1ccccc1NC(=O)Cn1c(NCCO)nc2ccccc21. The minimum absolute atomic E-state index is 0.000717. The van der Waals surface area contributed by atoms with E-state index in [1.54, 1.807) is 0 Å². The average molecular weight is 338 g/mol. The summed E-state index contributed by atoms with van der Waals surface area (Å²) >= 11 is 0. The summed E-state index contributed by atoms with van der Waals surface area (Å²) in [5.41, 5.74) is 3.63. The van der Waals surface area contributed by atoms with E-state index >= 15 is 0 Å². The number of hydrogen-bond donors (Lipinski definition) is 3. The highest BCUT2D eigenvalue weighted by Crippen LogP contribution is 2.20. The number of carbonyl (C=O) groups is 1. The van der Waals surface area contributed by atoms with Crippen molar-refractivity contribution in [2.45, 2.75) is 19.9 Å². The van der Waals surface area contributed by atoms with E-state index < -0.39 is 0 Å². The van der Waals surface area contributed by atoms with Crippen molar-refractivity contribution in [3.05, 3.63) is 54.1 Å². The Morgan fingerprint density at radius 2 is 1.92 bits per heavy atom. The van der Waals surface area contributed by atoms with Crippen LogP contribution in [0.1, 0.15) is 12.5 Å². The largest absolute Gasteiger partial charge is 0.395 e. The maximum Gasteiger partial charge on any atom is 0.244 e. The number of para-hydroxylation sites is 3. The molecule has 0 fully saturated rings. The van der Waals surface area contributed by atoms with Gasteiger partial charge in [-0.3, -0.25) is 4.79 Å². The van der Waals surface area contributed by atoms with Gasteiger partial charge < -0.3 is 20.3 Å². The van der Waals surface area contributed by atoms with Gasteiger partial charge in [0, 0.05) is 12.2 Å². The van der Waals surface area contributed by atoms with Crippen molar-refractivity contribution in [3.63, 3.8) is 0 Å². The van der Waals surface area contributed by atoms with Crippen LogP contribution in [0.2, 0.25) is 0 Å². The molecule has 3 rings (SSSR count). The molecule has 0 aliphatic carbocycles. The van der Waals surface area contributed by atoms with Crippen LogP contribution in [0.5, 0.6) is 0 Å². The van der Waals surface area contributed by atoms with Crippen LogP contribution in [0.25, 0.3) is 11.0 Å². The summed E-state index contributed by atoms with van der Waals surface area (Å²) in [4.78, 5) is 17.1. The molecule has 0 aliphatic rings. The molecule has 0 spiro atoms. The minimum atomic E-state index is -0.115. The number of nitrogens with one attached hydrogen (secondary N) is 2. The second-order valence-electron chi connectivity index (χ2n) is 5.72. The van der Waals surface area contributed by atoms with Crippen molar-refractivity contribution in [2.24, 2.45) is 0 Å². The molecular weight excluding hydrogens is 316 g/mol. The average Bonchev–Trinajstić information content (AvgIpc) is 2.98. The molecule has 1 aromatic heterocycles. The van der Waals surface area contributed by atoms with Crippen LogP contribution in [0, 0.1) is 0 Å². The number of amides is 1. The Labute approximate surface area is 146 Å². The fourth-order valence-corrected chi connectivity index (χ4v) is 2.82. The summed E-state index contributed by atoms with van der Waals surface area (Å²) in [6.07, 6.45) is 0.855. The fourth-order valence-electron chi connectivity index (χ4n) is 2.82. The van der Waals surface area contributed by atoms with Gasteiger partial charge in [-0.05, 0) is 30.2 Å². The fraction of sp³-hybridized carbons (Fsp3) is 0.263. The number of imidazole rings is 1. The lowest BCUT2D eigenvalue weighted by Crippen LogP contribution is -2.21. The number of aromatic nitrogens is 2. The predicted octanol–water partition coefficient (Wildman–Crippen LogP) is 2.64. The standard InChI is InChI=1S/C19H22N4O2/c1-2-14-7-3-4-8-15(14)21-18(25)13-23-17-10-6-5-9-16(17)22-19(23)20-11-12-24/h3-10,24H,2,11-13H2,1H3,(H,20,22)(H,21,25). The van der Waals surface area contributed by atoms with E-state index in [-0.39, 0.29) is 19.1 Å². The molecule has 130 valence electrons. The van der Waals surface area contributed by atoms with Crippen molar-refractivity contribution in [3.8, 4) is 0 Å². The molecule has 0 bridgehead atoms. The molecule has 25 heavy (non-hydrogen) atoms. The molecule has 3 N–H and O–H groups in total. The Kier molecular flexibility index (Phi) is 5.30. The summed E-state index contributed by atoms with van der Waals surface area (Å²) < 4.78 is 1.83. The normalized spacial score (nSPS) is 10.8. The molecule has 1 amide bonds. The molecule has 2 aromatic carbocycles. The Balaban J connectivity index is 1.84. The van der Waals surface area contributed by atoms with Gasteiger partial charge in [0.05, 0.1) is 17.6 Å². The van der Waals surface area contributed by atoms with Gasteiger partial charge >= 0.3 is 0 Å². The first kappa shape index (κ1) is 17.0. The number of fused-ring (bicyclic) bond motifs is 1. The third-order valence-corrected chi connectivity index (χ3v) is 4.02. The van der Waals surface area contributed by atoms with Crippen LogP contribution < -0.4 is 10.6 Å².